The number of amides is 1. The highest BCUT2D eigenvalue weighted by atomic mass is 79.9. The zero-order valence-corrected chi connectivity index (χ0v) is 11.0. The number of nitrogens with one attached hydrogen (secondary N) is 1. The van der Waals surface area contributed by atoms with Gasteiger partial charge in [0.25, 0.3) is 5.91 Å². The van der Waals surface area contributed by atoms with E-state index in [2.05, 4.69) is 30.6 Å². The Kier molecular flexibility index (Phi) is 3.57. The number of anilines is 1. The Hall–Kier alpha value is -1.95. The van der Waals surface area contributed by atoms with E-state index in [9.17, 15) is 9.59 Å². The van der Waals surface area contributed by atoms with Crippen molar-refractivity contribution in [1.82, 2.24) is 4.98 Å². The van der Waals surface area contributed by atoms with Gasteiger partial charge in [0.1, 0.15) is 12.1 Å². The molecule has 6 heteroatoms. The second-order valence-corrected chi connectivity index (χ2v) is 4.47. The summed E-state index contributed by atoms with van der Waals surface area (Å²) in [5, 5.41) is 2.61. The van der Waals surface area contributed by atoms with Gasteiger partial charge in [-0.05, 0) is 40.5 Å². The van der Waals surface area contributed by atoms with Crippen molar-refractivity contribution in [3.05, 3.63) is 56.7 Å². The molecule has 5 nitrogen and oxygen atoms in total. The molecule has 2 aromatic heterocycles. The minimum atomic E-state index is -0.496. The Bertz CT molecular complexity index is 632. The summed E-state index contributed by atoms with van der Waals surface area (Å²) in [6.45, 7) is 1.89. The number of hydrogen-bond acceptors (Lipinski definition) is 4. The van der Waals surface area contributed by atoms with Gasteiger partial charge in [-0.15, -0.1) is 0 Å². The first-order chi connectivity index (χ1) is 8.56. The summed E-state index contributed by atoms with van der Waals surface area (Å²) in [6, 6.07) is 4.32. The number of halogens is 1. The fraction of sp³-hybridized carbons (Fsp3) is 0.0833. The molecule has 2 heterocycles. The van der Waals surface area contributed by atoms with E-state index in [-0.39, 0.29) is 11.5 Å². The van der Waals surface area contributed by atoms with Crippen LogP contribution in [0.3, 0.4) is 0 Å². The molecule has 1 amide bonds. The molecule has 1 N–H and O–H groups in total. The van der Waals surface area contributed by atoms with E-state index >= 15 is 0 Å². The summed E-state index contributed by atoms with van der Waals surface area (Å²) in [5.74, 6) is 0.0554. The minimum absolute atomic E-state index is 0.261. The molecule has 0 aromatic carbocycles. The van der Waals surface area contributed by atoms with Crippen molar-refractivity contribution >= 4 is 27.7 Å². The molecule has 0 aliphatic rings. The first-order valence-electron chi connectivity index (χ1n) is 5.08. The highest BCUT2D eigenvalue weighted by Crippen LogP contribution is 2.17. The predicted molar refractivity (Wildman–Crippen MR) is 69.6 cm³/mol. The molecule has 18 heavy (non-hydrogen) atoms. The van der Waals surface area contributed by atoms with Crippen molar-refractivity contribution in [1.29, 1.82) is 0 Å². The van der Waals surface area contributed by atoms with Crippen molar-refractivity contribution in [2.75, 3.05) is 5.32 Å². The fourth-order valence-corrected chi connectivity index (χ4v) is 1.50. The van der Waals surface area contributed by atoms with Gasteiger partial charge in [0, 0.05) is 16.7 Å². The second kappa shape index (κ2) is 5.14. The third kappa shape index (κ3) is 2.84. The van der Waals surface area contributed by atoms with Crippen molar-refractivity contribution in [3.8, 4) is 0 Å². The molecule has 2 aromatic rings. The number of aryl methyl sites for hydroxylation is 1. The van der Waals surface area contributed by atoms with Crippen LogP contribution >= 0.6 is 15.9 Å². The molecular weight excluding hydrogens is 300 g/mol. The average Bonchev–Trinajstić information content (AvgIpc) is 2.34. The summed E-state index contributed by atoms with van der Waals surface area (Å²) in [6.07, 6.45) is 2.72. The van der Waals surface area contributed by atoms with Gasteiger partial charge in [-0.3, -0.25) is 4.79 Å². The molecule has 0 fully saturated rings. The third-order valence-corrected chi connectivity index (χ3v) is 3.08. The molecule has 0 spiro atoms. The number of nitrogens with zero attached hydrogens (tertiary/aromatic N) is 1. The Balaban J connectivity index is 2.18. The number of carbonyl (C=O) groups is 1. The van der Waals surface area contributed by atoms with Crippen molar-refractivity contribution < 1.29 is 9.21 Å². The van der Waals surface area contributed by atoms with Crippen LogP contribution in [0.2, 0.25) is 0 Å². The van der Waals surface area contributed by atoms with Gasteiger partial charge in [0.2, 0.25) is 0 Å². The van der Waals surface area contributed by atoms with Crippen LogP contribution in [0.4, 0.5) is 5.82 Å². The predicted octanol–water partition coefficient (Wildman–Crippen LogP) is 2.36. The second-order valence-electron chi connectivity index (χ2n) is 3.62. The molecule has 0 radical (unpaired) electrons. The standard InChI is InChI=1S/C12H9BrN2O3/c1-7-4-10(14-5-9(7)13)15-12(17)8-2-3-11(16)18-6-8/h2-6H,1H3,(H,14,15,17). The summed E-state index contributed by atoms with van der Waals surface area (Å²) in [4.78, 5) is 26.6. The van der Waals surface area contributed by atoms with Gasteiger partial charge in [0.15, 0.2) is 0 Å². The lowest BCUT2D eigenvalue weighted by Gasteiger charge is -2.05. The SMILES string of the molecule is Cc1cc(NC(=O)c2ccc(=O)oc2)ncc1Br. The number of hydrogen-bond donors (Lipinski definition) is 1. The third-order valence-electron chi connectivity index (χ3n) is 2.25. The van der Waals surface area contributed by atoms with E-state index in [1.807, 2.05) is 6.92 Å². The van der Waals surface area contributed by atoms with E-state index in [4.69, 9.17) is 0 Å². The van der Waals surface area contributed by atoms with Crippen LogP contribution in [0.1, 0.15) is 15.9 Å². The molecule has 0 bridgehead atoms. The summed E-state index contributed by atoms with van der Waals surface area (Å²) in [5.41, 5.74) is 0.723. The van der Waals surface area contributed by atoms with Gasteiger partial charge in [0.05, 0.1) is 5.56 Å². The van der Waals surface area contributed by atoms with Gasteiger partial charge in [-0.2, -0.15) is 0 Å². The fourth-order valence-electron chi connectivity index (χ4n) is 1.28. The van der Waals surface area contributed by atoms with Gasteiger partial charge >= 0.3 is 5.63 Å². The summed E-state index contributed by atoms with van der Waals surface area (Å²) < 4.78 is 5.48. The van der Waals surface area contributed by atoms with Crippen LogP contribution in [0.25, 0.3) is 0 Å². The van der Waals surface area contributed by atoms with E-state index in [0.717, 1.165) is 16.3 Å². The van der Waals surface area contributed by atoms with E-state index in [1.165, 1.54) is 12.1 Å². The van der Waals surface area contributed by atoms with Crippen LogP contribution in [0.5, 0.6) is 0 Å². The Morgan fingerprint density at radius 2 is 2.22 bits per heavy atom. The van der Waals surface area contributed by atoms with Gasteiger partial charge in [-0.25, -0.2) is 9.78 Å². The lowest BCUT2D eigenvalue weighted by molar-refractivity contribution is 0.102. The maximum Gasteiger partial charge on any atom is 0.335 e. The van der Waals surface area contributed by atoms with Crippen molar-refractivity contribution in [3.63, 3.8) is 0 Å². The number of rotatable bonds is 2. The highest BCUT2D eigenvalue weighted by molar-refractivity contribution is 9.10. The smallest absolute Gasteiger partial charge is 0.335 e. The average molecular weight is 309 g/mol. The molecule has 0 unspecified atom stereocenters. The monoisotopic (exact) mass is 308 g/mol. The van der Waals surface area contributed by atoms with Crippen LogP contribution < -0.4 is 10.9 Å². The largest absolute Gasteiger partial charge is 0.430 e. The number of carbonyl (C=O) groups excluding carboxylic acids is 1. The van der Waals surface area contributed by atoms with E-state index in [1.54, 1.807) is 12.3 Å². The molecule has 0 aliphatic heterocycles. The highest BCUT2D eigenvalue weighted by Gasteiger charge is 2.08. The number of aromatic nitrogens is 1. The Morgan fingerprint density at radius 3 is 2.83 bits per heavy atom. The van der Waals surface area contributed by atoms with Crippen molar-refractivity contribution in [2.24, 2.45) is 0 Å². The van der Waals surface area contributed by atoms with Crippen molar-refractivity contribution in [2.45, 2.75) is 6.92 Å². The molecule has 0 saturated carbocycles. The quantitative estimate of drug-likeness (QED) is 0.924. The zero-order valence-electron chi connectivity index (χ0n) is 9.44. The van der Waals surface area contributed by atoms with Crippen LogP contribution in [-0.2, 0) is 0 Å². The first kappa shape index (κ1) is 12.5. The summed E-state index contributed by atoms with van der Waals surface area (Å²) >= 11 is 3.32. The number of pyridine rings is 1. The minimum Gasteiger partial charge on any atom is -0.430 e. The maximum absolute atomic E-state index is 11.8. The van der Waals surface area contributed by atoms with Crippen LogP contribution in [-0.4, -0.2) is 10.9 Å². The van der Waals surface area contributed by atoms with Gasteiger partial charge < -0.3 is 9.73 Å². The topological polar surface area (TPSA) is 72.2 Å². The lowest BCUT2D eigenvalue weighted by atomic mass is 10.2. The van der Waals surface area contributed by atoms with E-state index in [0.29, 0.717) is 5.82 Å². The first-order valence-corrected chi connectivity index (χ1v) is 5.88. The Labute approximate surface area is 111 Å². The molecular formula is C12H9BrN2O3. The molecule has 0 saturated heterocycles. The molecule has 0 atom stereocenters. The summed E-state index contributed by atoms with van der Waals surface area (Å²) in [7, 11) is 0. The molecule has 0 aliphatic carbocycles. The normalized spacial score (nSPS) is 10.1. The van der Waals surface area contributed by atoms with Gasteiger partial charge in [-0.1, -0.05) is 0 Å². The lowest BCUT2D eigenvalue weighted by Crippen LogP contribution is -2.14. The molecule has 2 rings (SSSR count). The zero-order chi connectivity index (χ0) is 13.1. The van der Waals surface area contributed by atoms with Crippen LogP contribution in [0, 0.1) is 6.92 Å². The Morgan fingerprint density at radius 1 is 1.44 bits per heavy atom. The molecule has 92 valence electrons. The maximum atomic E-state index is 11.8. The van der Waals surface area contributed by atoms with E-state index < -0.39 is 5.63 Å². The van der Waals surface area contributed by atoms with Crippen LogP contribution in [0.15, 0.2) is 44.3 Å².